The molecule has 0 N–H and O–H groups in total. The normalized spacial score (nSPS) is 21.0. The van der Waals surface area contributed by atoms with E-state index in [4.69, 9.17) is 9.47 Å². The van der Waals surface area contributed by atoms with Crippen LogP contribution in [0.15, 0.2) is 54.6 Å². The monoisotopic (exact) mass is 478 g/mol. The van der Waals surface area contributed by atoms with Crippen molar-refractivity contribution in [3.05, 3.63) is 65.7 Å². The molecule has 0 aromatic heterocycles. The second kappa shape index (κ2) is 10.8. The van der Waals surface area contributed by atoms with Crippen molar-refractivity contribution < 1.29 is 19.1 Å². The molecule has 6 nitrogen and oxygen atoms in total. The summed E-state index contributed by atoms with van der Waals surface area (Å²) >= 11 is 0. The zero-order chi connectivity index (χ0) is 24.9. The summed E-state index contributed by atoms with van der Waals surface area (Å²) in [7, 11) is 0. The predicted molar refractivity (Wildman–Crippen MR) is 137 cm³/mol. The van der Waals surface area contributed by atoms with Crippen LogP contribution in [0.3, 0.4) is 0 Å². The first-order chi connectivity index (χ1) is 16.8. The number of carbonyl (C=O) groups excluding carboxylic acids is 2. The number of ether oxygens (including phenoxy) is 2. The second-order valence-electron chi connectivity index (χ2n) is 10.9. The van der Waals surface area contributed by atoms with Crippen LogP contribution in [-0.2, 0) is 14.9 Å². The number of para-hydroxylation sites is 1. The van der Waals surface area contributed by atoms with Crippen LogP contribution in [0.4, 0.5) is 0 Å². The van der Waals surface area contributed by atoms with Gasteiger partial charge in [-0.15, -0.1) is 0 Å². The highest BCUT2D eigenvalue weighted by atomic mass is 16.5. The van der Waals surface area contributed by atoms with E-state index in [0.717, 1.165) is 18.6 Å². The van der Waals surface area contributed by atoms with Gasteiger partial charge in [-0.05, 0) is 48.1 Å². The number of hydrogen-bond donors (Lipinski definition) is 0. The van der Waals surface area contributed by atoms with E-state index in [1.165, 1.54) is 5.56 Å². The molecule has 2 saturated heterocycles. The van der Waals surface area contributed by atoms with Crippen molar-refractivity contribution in [2.75, 3.05) is 46.0 Å². The summed E-state index contributed by atoms with van der Waals surface area (Å²) in [5.74, 6) is 0.925. The molecule has 2 fully saturated rings. The number of amides is 2. The first-order valence-electron chi connectivity index (χ1n) is 12.7. The number of benzene rings is 2. The minimum absolute atomic E-state index is 0.0214. The third kappa shape index (κ3) is 6.43. The smallest absolute Gasteiger partial charge is 0.253 e. The van der Waals surface area contributed by atoms with Gasteiger partial charge in [-0.2, -0.15) is 0 Å². The summed E-state index contributed by atoms with van der Waals surface area (Å²) < 4.78 is 11.6. The van der Waals surface area contributed by atoms with Crippen LogP contribution in [0.1, 0.15) is 56.0 Å². The Labute approximate surface area is 209 Å². The third-order valence-corrected chi connectivity index (χ3v) is 7.12. The molecule has 2 aromatic carbocycles. The second-order valence-corrected chi connectivity index (χ2v) is 10.9. The summed E-state index contributed by atoms with van der Waals surface area (Å²) in [6.07, 6.45) is 2.07. The number of morpholine rings is 1. The number of rotatable bonds is 6. The minimum Gasteiger partial charge on any atom is -0.493 e. The average Bonchev–Trinajstić information content (AvgIpc) is 2.88. The lowest BCUT2D eigenvalue weighted by atomic mass is 9.77. The van der Waals surface area contributed by atoms with Gasteiger partial charge in [0.25, 0.3) is 5.91 Å². The summed E-state index contributed by atoms with van der Waals surface area (Å²) in [6.45, 7) is 10.5. The van der Waals surface area contributed by atoms with Crippen molar-refractivity contribution >= 4 is 11.8 Å². The van der Waals surface area contributed by atoms with Gasteiger partial charge >= 0.3 is 0 Å². The zero-order valence-electron chi connectivity index (χ0n) is 21.3. The Hall–Kier alpha value is -2.86. The third-order valence-electron chi connectivity index (χ3n) is 7.12. The fourth-order valence-electron chi connectivity index (χ4n) is 4.99. The molecule has 0 bridgehead atoms. The minimum atomic E-state index is -0.426. The van der Waals surface area contributed by atoms with Gasteiger partial charge in [0.05, 0.1) is 19.8 Å². The van der Waals surface area contributed by atoms with E-state index in [-0.39, 0.29) is 17.2 Å². The topological polar surface area (TPSA) is 59.1 Å². The predicted octanol–water partition coefficient (Wildman–Crippen LogP) is 4.53. The molecule has 0 aliphatic carbocycles. The van der Waals surface area contributed by atoms with Crippen molar-refractivity contribution in [3.8, 4) is 5.75 Å². The molecular weight excluding hydrogens is 440 g/mol. The molecule has 6 heteroatoms. The van der Waals surface area contributed by atoms with Crippen molar-refractivity contribution in [1.82, 2.24) is 9.80 Å². The molecule has 2 amide bonds. The maximum Gasteiger partial charge on any atom is 0.253 e. The van der Waals surface area contributed by atoms with Crippen molar-refractivity contribution in [1.29, 1.82) is 0 Å². The fraction of sp³-hybridized carbons (Fsp3) is 0.517. The molecule has 0 spiro atoms. The molecule has 188 valence electrons. The molecule has 0 radical (unpaired) electrons. The van der Waals surface area contributed by atoms with Crippen LogP contribution in [0.2, 0.25) is 0 Å². The van der Waals surface area contributed by atoms with Crippen molar-refractivity contribution in [2.45, 2.75) is 45.4 Å². The van der Waals surface area contributed by atoms with Crippen LogP contribution in [0.25, 0.3) is 0 Å². The van der Waals surface area contributed by atoms with Gasteiger partial charge in [0, 0.05) is 43.6 Å². The Morgan fingerprint density at radius 3 is 2.29 bits per heavy atom. The van der Waals surface area contributed by atoms with E-state index in [1.54, 1.807) is 0 Å². The number of likely N-dealkylation sites (tertiary alicyclic amines) is 1. The number of hydrogen-bond acceptors (Lipinski definition) is 4. The van der Waals surface area contributed by atoms with E-state index >= 15 is 0 Å². The Kier molecular flexibility index (Phi) is 7.80. The van der Waals surface area contributed by atoms with E-state index in [0.29, 0.717) is 58.0 Å². The largest absolute Gasteiger partial charge is 0.493 e. The van der Waals surface area contributed by atoms with Gasteiger partial charge < -0.3 is 19.3 Å². The van der Waals surface area contributed by atoms with Crippen LogP contribution < -0.4 is 4.74 Å². The standard InChI is InChI=1S/C29H38N2O4/c1-28(2,3)24-12-10-23(11-13-24)27(33)31-15-7-14-29(21-31,22-35-25-8-5-4-6-9-25)20-26(32)30-16-18-34-19-17-30/h4-6,8-13H,7,14-22H2,1-3H3. The summed E-state index contributed by atoms with van der Waals surface area (Å²) in [5.41, 5.74) is 1.51. The zero-order valence-corrected chi connectivity index (χ0v) is 21.3. The van der Waals surface area contributed by atoms with Gasteiger partial charge in [-0.3, -0.25) is 9.59 Å². The van der Waals surface area contributed by atoms with E-state index in [1.807, 2.05) is 64.4 Å². The van der Waals surface area contributed by atoms with Crippen LogP contribution in [0, 0.1) is 5.41 Å². The fourth-order valence-corrected chi connectivity index (χ4v) is 4.99. The Morgan fingerprint density at radius 2 is 1.63 bits per heavy atom. The van der Waals surface area contributed by atoms with Gasteiger partial charge in [-0.1, -0.05) is 51.1 Å². The number of carbonyl (C=O) groups is 2. The molecule has 2 heterocycles. The molecular formula is C29H38N2O4. The molecule has 4 rings (SSSR count). The molecule has 1 atom stereocenters. The lowest BCUT2D eigenvalue weighted by molar-refractivity contribution is -0.139. The Bertz CT molecular complexity index is 994. The molecule has 2 aliphatic rings. The SMILES string of the molecule is CC(C)(C)c1ccc(C(=O)N2CCCC(COc3ccccc3)(CC(=O)N3CCOCC3)C2)cc1. The Balaban J connectivity index is 1.51. The lowest BCUT2D eigenvalue weighted by Crippen LogP contribution is -2.52. The van der Waals surface area contributed by atoms with Gasteiger partial charge in [0.15, 0.2) is 0 Å². The van der Waals surface area contributed by atoms with Crippen molar-refractivity contribution in [2.24, 2.45) is 5.41 Å². The lowest BCUT2D eigenvalue weighted by Gasteiger charge is -2.43. The highest BCUT2D eigenvalue weighted by molar-refractivity contribution is 5.94. The molecule has 0 saturated carbocycles. The van der Waals surface area contributed by atoms with E-state index in [2.05, 4.69) is 20.8 Å². The first kappa shape index (κ1) is 25.2. The van der Waals surface area contributed by atoms with E-state index in [9.17, 15) is 9.59 Å². The van der Waals surface area contributed by atoms with Crippen molar-refractivity contribution in [3.63, 3.8) is 0 Å². The maximum absolute atomic E-state index is 13.5. The average molecular weight is 479 g/mol. The highest BCUT2D eigenvalue weighted by Gasteiger charge is 2.41. The molecule has 2 aliphatic heterocycles. The molecule has 35 heavy (non-hydrogen) atoms. The number of piperidine rings is 1. The number of nitrogens with zero attached hydrogens (tertiary/aromatic N) is 2. The van der Waals surface area contributed by atoms with Gasteiger partial charge in [0.1, 0.15) is 5.75 Å². The van der Waals surface area contributed by atoms with E-state index < -0.39 is 5.41 Å². The van der Waals surface area contributed by atoms with Crippen LogP contribution in [0.5, 0.6) is 5.75 Å². The van der Waals surface area contributed by atoms with Crippen LogP contribution in [-0.4, -0.2) is 67.6 Å². The molecule has 2 aromatic rings. The first-order valence-corrected chi connectivity index (χ1v) is 12.7. The maximum atomic E-state index is 13.5. The summed E-state index contributed by atoms with van der Waals surface area (Å²) in [5, 5.41) is 0. The highest BCUT2D eigenvalue weighted by Crippen LogP contribution is 2.36. The Morgan fingerprint density at radius 1 is 0.943 bits per heavy atom. The van der Waals surface area contributed by atoms with Crippen LogP contribution >= 0.6 is 0 Å². The summed E-state index contributed by atoms with van der Waals surface area (Å²) in [6, 6.07) is 17.7. The van der Waals surface area contributed by atoms with Gasteiger partial charge in [-0.25, -0.2) is 0 Å². The quantitative estimate of drug-likeness (QED) is 0.612. The van der Waals surface area contributed by atoms with Gasteiger partial charge in [0.2, 0.25) is 5.91 Å². The molecule has 1 unspecified atom stereocenters. The summed E-state index contributed by atoms with van der Waals surface area (Å²) in [4.78, 5) is 30.6.